The molecular weight excluding hydrogens is 256 g/mol. The van der Waals surface area contributed by atoms with Crippen LogP contribution in [0.4, 0.5) is 0 Å². The van der Waals surface area contributed by atoms with Crippen molar-refractivity contribution in [2.45, 2.75) is 70.5 Å². The van der Waals surface area contributed by atoms with E-state index in [1.54, 1.807) is 0 Å². The molecule has 3 rings (SSSR count). The minimum Gasteiger partial charge on any atom is -0.308 e. The fourth-order valence-electron chi connectivity index (χ4n) is 4.36. The monoisotopic (exact) mass is 286 g/mol. The fraction of sp³-hybridized carbons (Fsp3) is 0.684. The molecule has 2 unspecified atom stereocenters. The zero-order valence-electron chi connectivity index (χ0n) is 13.9. The third-order valence-electron chi connectivity index (χ3n) is 5.77. The van der Waals surface area contributed by atoms with Crippen molar-refractivity contribution in [3.8, 4) is 0 Å². The Hall–Kier alpha value is -0.860. The topological polar surface area (TPSA) is 15.3 Å². The maximum Gasteiger partial charge on any atom is 0.0326 e. The first-order valence-corrected chi connectivity index (χ1v) is 8.68. The molecule has 2 heteroatoms. The summed E-state index contributed by atoms with van der Waals surface area (Å²) in [5.74, 6) is 0. The van der Waals surface area contributed by atoms with Crippen molar-refractivity contribution in [1.29, 1.82) is 0 Å². The molecular formula is C19H30N2. The summed E-state index contributed by atoms with van der Waals surface area (Å²) in [6, 6.07) is 10.0. The second-order valence-electron chi connectivity index (χ2n) is 7.28. The first-order chi connectivity index (χ1) is 10.1. The smallest absolute Gasteiger partial charge is 0.0326 e. The lowest BCUT2D eigenvalue weighted by Crippen LogP contribution is -2.64. The third-order valence-corrected chi connectivity index (χ3v) is 5.77. The summed E-state index contributed by atoms with van der Waals surface area (Å²) in [4.78, 5) is 2.74. The molecule has 0 aromatic heterocycles. The highest BCUT2D eigenvalue weighted by atomic mass is 15.3. The predicted octanol–water partition coefficient (Wildman–Crippen LogP) is 4.05. The van der Waals surface area contributed by atoms with Crippen LogP contribution in [-0.4, -0.2) is 29.6 Å². The van der Waals surface area contributed by atoms with Crippen LogP contribution in [0.3, 0.4) is 0 Å². The van der Waals surface area contributed by atoms with Gasteiger partial charge in [0, 0.05) is 30.7 Å². The summed E-state index contributed by atoms with van der Waals surface area (Å²) in [7, 11) is 0. The van der Waals surface area contributed by atoms with Gasteiger partial charge in [-0.3, -0.25) is 4.90 Å². The van der Waals surface area contributed by atoms with E-state index in [1.807, 2.05) is 0 Å². The van der Waals surface area contributed by atoms with Gasteiger partial charge in [-0.1, -0.05) is 43.5 Å². The Balaban J connectivity index is 1.80. The van der Waals surface area contributed by atoms with Gasteiger partial charge in [-0.2, -0.15) is 0 Å². The third kappa shape index (κ3) is 3.02. The molecule has 2 aliphatic rings. The lowest BCUT2D eigenvalue weighted by Gasteiger charge is -2.51. The van der Waals surface area contributed by atoms with E-state index in [1.165, 1.54) is 49.8 Å². The molecule has 0 radical (unpaired) electrons. The zero-order valence-corrected chi connectivity index (χ0v) is 13.9. The van der Waals surface area contributed by atoms with Crippen molar-refractivity contribution in [3.63, 3.8) is 0 Å². The van der Waals surface area contributed by atoms with Gasteiger partial charge in [-0.25, -0.2) is 0 Å². The first kappa shape index (κ1) is 15.1. The Labute approximate surface area is 129 Å². The van der Waals surface area contributed by atoms with Crippen molar-refractivity contribution >= 4 is 0 Å². The molecule has 1 aromatic rings. The predicted molar refractivity (Wildman–Crippen MR) is 89.6 cm³/mol. The lowest BCUT2D eigenvalue weighted by atomic mass is 9.79. The van der Waals surface area contributed by atoms with Crippen molar-refractivity contribution in [3.05, 3.63) is 35.4 Å². The second-order valence-corrected chi connectivity index (χ2v) is 7.28. The average molecular weight is 286 g/mol. The van der Waals surface area contributed by atoms with Gasteiger partial charge >= 0.3 is 0 Å². The van der Waals surface area contributed by atoms with Crippen LogP contribution in [0.15, 0.2) is 24.3 Å². The highest BCUT2D eigenvalue weighted by molar-refractivity contribution is 5.28. The van der Waals surface area contributed by atoms with E-state index in [2.05, 4.69) is 55.3 Å². The minimum atomic E-state index is 0.391. The quantitative estimate of drug-likeness (QED) is 0.882. The largest absolute Gasteiger partial charge is 0.308 e. The van der Waals surface area contributed by atoms with E-state index in [9.17, 15) is 0 Å². The van der Waals surface area contributed by atoms with Gasteiger partial charge in [0.05, 0.1) is 0 Å². The number of aryl methyl sites for hydroxylation is 1. The molecule has 1 saturated carbocycles. The SMILES string of the molecule is Cc1ccccc1C(C)N1CC2(CCCCC2)NCC1C. The molecule has 1 aliphatic carbocycles. The molecule has 2 fully saturated rings. The Morgan fingerprint density at radius 1 is 1.19 bits per heavy atom. The van der Waals surface area contributed by atoms with E-state index < -0.39 is 0 Å². The van der Waals surface area contributed by atoms with E-state index in [4.69, 9.17) is 0 Å². The normalized spacial score (nSPS) is 27.7. The van der Waals surface area contributed by atoms with Gasteiger partial charge in [-0.05, 0) is 44.7 Å². The first-order valence-electron chi connectivity index (χ1n) is 8.68. The Kier molecular flexibility index (Phi) is 4.37. The van der Waals surface area contributed by atoms with Crippen LogP contribution in [0, 0.1) is 6.92 Å². The molecule has 2 atom stereocenters. The van der Waals surface area contributed by atoms with Crippen LogP contribution >= 0.6 is 0 Å². The van der Waals surface area contributed by atoms with E-state index in [0.29, 0.717) is 17.6 Å². The van der Waals surface area contributed by atoms with Gasteiger partial charge in [0.1, 0.15) is 0 Å². The zero-order chi connectivity index (χ0) is 14.9. The highest BCUT2D eigenvalue weighted by Gasteiger charge is 2.40. The maximum absolute atomic E-state index is 3.89. The number of rotatable bonds is 2. The maximum atomic E-state index is 3.89. The molecule has 21 heavy (non-hydrogen) atoms. The summed E-state index contributed by atoms with van der Waals surface area (Å²) in [6.45, 7) is 9.35. The second kappa shape index (κ2) is 6.10. The molecule has 0 bridgehead atoms. The van der Waals surface area contributed by atoms with Crippen molar-refractivity contribution in [2.75, 3.05) is 13.1 Å². The average Bonchev–Trinajstić information content (AvgIpc) is 2.51. The molecule has 1 aliphatic heterocycles. The van der Waals surface area contributed by atoms with Gasteiger partial charge in [-0.15, -0.1) is 0 Å². The molecule has 0 amide bonds. The Bertz CT molecular complexity index is 476. The number of hydrogen-bond donors (Lipinski definition) is 1. The number of benzene rings is 1. The number of nitrogens with zero attached hydrogens (tertiary/aromatic N) is 1. The Morgan fingerprint density at radius 3 is 2.62 bits per heavy atom. The standard InChI is InChI=1S/C19H30N2/c1-15-9-5-6-10-18(15)17(3)21-14-19(20-13-16(21)2)11-7-4-8-12-19/h5-6,9-10,16-17,20H,4,7-8,11-14H2,1-3H3. The van der Waals surface area contributed by atoms with E-state index >= 15 is 0 Å². The van der Waals surface area contributed by atoms with E-state index in [0.717, 1.165) is 6.54 Å². The van der Waals surface area contributed by atoms with Gasteiger partial charge in [0.25, 0.3) is 0 Å². The van der Waals surface area contributed by atoms with E-state index in [-0.39, 0.29) is 0 Å². The lowest BCUT2D eigenvalue weighted by molar-refractivity contribution is 0.0354. The summed E-state index contributed by atoms with van der Waals surface area (Å²) in [5, 5.41) is 3.89. The van der Waals surface area contributed by atoms with Crippen LogP contribution in [0.1, 0.15) is 63.1 Å². The molecule has 1 N–H and O–H groups in total. The van der Waals surface area contributed by atoms with Gasteiger partial charge < -0.3 is 5.32 Å². The van der Waals surface area contributed by atoms with Crippen molar-refractivity contribution in [1.82, 2.24) is 10.2 Å². The van der Waals surface area contributed by atoms with Crippen LogP contribution in [0.2, 0.25) is 0 Å². The molecule has 1 heterocycles. The highest BCUT2D eigenvalue weighted by Crippen LogP contribution is 2.35. The molecule has 1 aromatic carbocycles. The molecule has 116 valence electrons. The number of nitrogens with one attached hydrogen (secondary N) is 1. The number of piperazine rings is 1. The minimum absolute atomic E-state index is 0.391. The summed E-state index contributed by atoms with van der Waals surface area (Å²) >= 11 is 0. The summed E-state index contributed by atoms with van der Waals surface area (Å²) < 4.78 is 0. The summed E-state index contributed by atoms with van der Waals surface area (Å²) in [6.07, 6.45) is 6.93. The molecule has 2 nitrogen and oxygen atoms in total. The van der Waals surface area contributed by atoms with Crippen LogP contribution in [0.5, 0.6) is 0 Å². The van der Waals surface area contributed by atoms with Crippen LogP contribution in [-0.2, 0) is 0 Å². The van der Waals surface area contributed by atoms with Crippen molar-refractivity contribution < 1.29 is 0 Å². The van der Waals surface area contributed by atoms with Crippen LogP contribution < -0.4 is 5.32 Å². The number of hydrogen-bond acceptors (Lipinski definition) is 2. The van der Waals surface area contributed by atoms with Crippen LogP contribution in [0.25, 0.3) is 0 Å². The molecule has 1 spiro atoms. The van der Waals surface area contributed by atoms with Gasteiger partial charge in [0.2, 0.25) is 0 Å². The fourth-order valence-corrected chi connectivity index (χ4v) is 4.36. The summed E-state index contributed by atoms with van der Waals surface area (Å²) in [5.41, 5.74) is 3.31. The Morgan fingerprint density at radius 2 is 1.90 bits per heavy atom. The van der Waals surface area contributed by atoms with Gasteiger partial charge in [0.15, 0.2) is 0 Å². The molecule has 1 saturated heterocycles. The van der Waals surface area contributed by atoms with Crippen molar-refractivity contribution in [2.24, 2.45) is 0 Å².